The van der Waals surface area contributed by atoms with Crippen LogP contribution in [0.4, 0.5) is 0 Å². The molecule has 1 aromatic rings. The smallest absolute Gasteiger partial charge is 0.253 e. The summed E-state index contributed by atoms with van der Waals surface area (Å²) in [6, 6.07) is 5.33. The average molecular weight is 321 g/mol. The molecular formula is C12H15BrClNO2. The van der Waals surface area contributed by atoms with Crippen LogP contribution in [0.3, 0.4) is 0 Å². The molecule has 0 bridgehead atoms. The van der Waals surface area contributed by atoms with Crippen LogP contribution in [0.5, 0.6) is 0 Å². The molecule has 0 aliphatic carbocycles. The van der Waals surface area contributed by atoms with E-state index < -0.39 is 0 Å². The summed E-state index contributed by atoms with van der Waals surface area (Å²) in [7, 11) is 1.64. The van der Waals surface area contributed by atoms with E-state index in [-0.39, 0.29) is 11.9 Å². The van der Waals surface area contributed by atoms with Crippen molar-refractivity contribution in [3.8, 4) is 0 Å². The van der Waals surface area contributed by atoms with Crippen molar-refractivity contribution >= 4 is 33.4 Å². The fourth-order valence-corrected chi connectivity index (χ4v) is 1.93. The lowest BCUT2D eigenvalue weighted by atomic mass is 10.2. The van der Waals surface area contributed by atoms with Crippen LogP contribution in [0.1, 0.15) is 23.7 Å². The zero-order chi connectivity index (χ0) is 12.8. The molecular weight excluding hydrogens is 305 g/mol. The third-order valence-corrected chi connectivity index (χ3v) is 3.63. The minimum Gasteiger partial charge on any atom is -0.385 e. The molecule has 0 aromatic heterocycles. The van der Waals surface area contributed by atoms with Crippen LogP contribution in [0.25, 0.3) is 0 Å². The summed E-state index contributed by atoms with van der Waals surface area (Å²) in [4.78, 5) is 11.9. The molecule has 0 heterocycles. The van der Waals surface area contributed by atoms with E-state index in [0.29, 0.717) is 17.2 Å². The van der Waals surface area contributed by atoms with Gasteiger partial charge in [0.05, 0.1) is 10.6 Å². The number of halogens is 2. The molecule has 0 spiro atoms. The lowest BCUT2D eigenvalue weighted by Crippen LogP contribution is -2.33. The van der Waals surface area contributed by atoms with Gasteiger partial charge in [-0.3, -0.25) is 4.79 Å². The van der Waals surface area contributed by atoms with Gasteiger partial charge in [-0.15, -0.1) is 0 Å². The average Bonchev–Trinajstić information content (AvgIpc) is 2.29. The Kier molecular flexibility index (Phi) is 5.95. The maximum atomic E-state index is 11.9. The lowest BCUT2D eigenvalue weighted by Gasteiger charge is -2.14. The van der Waals surface area contributed by atoms with E-state index in [1.165, 1.54) is 0 Å². The number of nitrogens with one attached hydrogen (secondary N) is 1. The summed E-state index contributed by atoms with van der Waals surface area (Å²) in [6.45, 7) is 2.55. The van der Waals surface area contributed by atoms with Crippen LogP contribution in [0.15, 0.2) is 22.7 Å². The zero-order valence-corrected chi connectivity index (χ0v) is 12.1. The summed E-state index contributed by atoms with van der Waals surface area (Å²) in [6.07, 6.45) is 0.772. The summed E-state index contributed by atoms with van der Waals surface area (Å²) in [5.74, 6) is -0.167. The Morgan fingerprint density at radius 2 is 2.29 bits per heavy atom. The van der Waals surface area contributed by atoms with Crippen molar-refractivity contribution in [2.75, 3.05) is 13.7 Å². The van der Waals surface area contributed by atoms with Gasteiger partial charge in [0.1, 0.15) is 0 Å². The Balaban J connectivity index is 2.67. The Morgan fingerprint density at radius 3 is 2.94 bits per heavy atom. The second-order valence-corrected chi connectivity index (χ2v) is 4.99. The molecule has 1 aromatic carbocycles. The molecule has 1 N–H and O–H groups in total. The minimum atomic E-state index is -0.167. The molecule has 0 fully saturated rings. The summed E-state index contributed by atoms with van der Waals surface area (Å²) in [5, 5.41) is 3.31. The van der Waals surface area contributed by atoms with Crippen LogP contribution in [0, 0.1) is 0 Å². The zero-order valence-electron chi connectivity index (χ0n) is 9.80. The second-order valence-electron chi connectivity index (χ2n) is 3.76. The van der Waals surface area contributed by atoms with Gasteiger partial charge in [-0.2, -0.15) is 0 Å². The number of carbonyl (C=O) groups excluding carboxylic acids is 1. The largest absolute Gasteiger partial charge is 0.385 e. The van der Waals surface area contributed by atoms with Crippen molar-refractivity contribution in [2.45, 2.75) is 19.4 Å². The highest BCUT2D eigenvalue weighted by Gasteiger charge is 2.14. The molecule has 0 radical (unpaired) electrons. The van der Waals surface area contributed by atoms with E-state index >= 15 is 0 Å². The third kappa shape index (κ3) is 4.30. The molecule has 1 amide bonds. The Hall–Kier alpha value is -0.580. The van der Waals surface area contributed by atoms with E-state index in [0.717, 1.165) is 10.9 Å². The Labute approximate surface area is 115 Å². The molecule has 0 aliphatic rings. The van der Waals surface area contributed by atoms with Gasteiger partial charge >= 0.3 is 0 Å². The summed E-state index contributed by atoms with van der Waals surface area (Å²) >= 11 is 9.33. The second kappa shape index (κ2) is 6.99. The maximum absolute atomic E-state index is 11.9. The standard InChI is InChI=1S/C12H15BrClNO2/c1-8(6-7-17-2)15-12(16)9-4-3-5-10(13)11(9)14/h3-5,8H,6-7H2,1-2H3,(H,15,16). The van der Waals surface area contributed by atoms with Crippen molar-refractivity contribution in [2.24, 2.45) is 0 Å². The van der Waals surface area contributed by atoms with Gasteiger partial charge in [-0.25, -0.2) is 0 Å². The first kappa shape index (κ1) is 14.5. The number of benzene rings is 1. The molecule has 1 atom stereocenters. The molecule has 17 heavy (non-hydrogen) atoms. The number of carbonyl (C=O) groups is 1. The number of ether oxygens (including phenoxy) is 1. The van der Waals surface area contributed by atoms with Crippen molar-refractivity contribution in [3.63, 3.8) is 0 Å². The topological polar surface area (TPSA) is 38.3 Å². The normalized spacial score (nSPS) is 12.2. The monoisotopic (exact) mass is 319 g/mol. The number of rotatable bonds is 5. The molecule has 3 nitrogen and oxygen atoms in total. The molecule has 0 saturated heterocycles. The van der Waals surface area contributed by atoms with Crippen molar-refractivity contribution < 1.29 is 9.53 Å². The van der Waals surface area contributed by atoms with Gasteiger partial charge in [-0.05, 0) is 41.4 Å². The fraction of sp³-hybridized carbons (Fsp3) is 0.417. The van der Waals surface area contributed by atoms with E-state index in [9.17, 15) is 4.79 Å². The number of hydrogen-bond donors (Lipinski definition) is 1. The van der Waals surface area contributed by atoms with E-state index in [1.54, 1.807) is 25.3 Å². The van der Waals surface area contributed by atoms with Gasteiger partial charge < -0.3 is 10.1 Å². The van der Waals surface area contributed by atoms with Crippen LogP contribution < -0.4 is 5.32 Å². The first-order valence-electron chi connectivity index (χ1n) is 5.30. The summed E-state index contributed by atoms with van der Waals surface area (Å²) in [5.41, 5.74) is 0.477. The van der Waals surface area contributed by atoms with Gasteiger partial charge in [0.2, 0.25) is 0 Å². The van der Waals surface area contributed by atoms with E-state index in [1.807, 2.05) is 6.92 Å². The van der Waals surface area contributed by atoms with Crippen molar-refractivity contribution in [1.29, 1.82) is 0 Å². The van der Waals surface area contributed by atoms with Crippen LogP contribution in [-0.2, 0) is 4.74 Å². The van der Waals surface area contributed by atoms with Crippen LogP contribution in [0.2, 0.25) is 5.02 Å². The Morgan fingerprint density at radius 1 is 1.59 bits per heavy atom. The van der Waals surface area contributed by atoms with Crippen molar-refractivity contribution in [3.05, 3.63) is 33.3 Å². The maximum Gasteiger partial charge on any atom is 0.253 e. The van der Waals surface area contributed by atoms with Gasteiger partial charge in [0.15, 0.2) is 0 Å². The highest BCUT2D eigenvalue weighted by atomic mass is 79.9. The number of amides is 1. The van der Waals surface area contributed by atoms with E-state index in [4.69, 9.17) is 16.3 Å². The number of methoxy groups -OCH3 is 1. The lowest BCUT2D eigenvalue weighted by molar-refractivity contribution is 0.0929. The first-order valence-corrected chi connectivity index (χ1v) is 6.47. The van der Waals surface area contributed by atoms with Gasteiger partial charge in [0.25, 0.3) is 5.91 Å². The Bertz CT molecular complexity index is 398. The number of hydrogen-bond acceptors (Lipinski definition) is 2. The highest BCUT2D eigenvalue weighted by molar-refractivity contribution is 9.10. The molecule has 94 valence electrons. The molecule has 1 rings (SSSR count). The molecule has 0 aliphatic heterocycles. The van der Waals surface area contributed by atoms with Gasteiger partial charge in [0, 0.05) is 24.2 Å². The summed E-state index contributed by atoms with van der Waals surface area (Å²) < 4.78 is 5.68. The molecule has 0 saturated carbocycles. The van der Waals surface area contributed by atoms with Crippen LogP contribution in [-0.4, -0.2) is 25.7 Å². The predicted octanol–water partition coefficient (Wildman–Crippen LogP) is 3.26. The van der Waals surface area contributed by atoms with Gasteiger partial charge in [-0.1, -0.05) is 17.7 Å². The minimum absolute atomic E-state index is 0.0532. The SMILES string of the molecule is COCCC(C)NC(=O)c1cccc(Br)c1Cl. The first-order chi connectivity index (χ1) is 8.06. The predicted molar refractivity (Wildman–Crippen MR) is 72.6 cm³/mol. The van der Waals surface area contributed by atoms with Crippen molar-refractivity contribution in [1.82, 2.24) is 5.32 Å². The third-order valence-electron chi connectivity index (χ3n) is 2.33. The molecule has 1 unspecified atom stereocenters. The quantitative estimate of drug-likeness (QED) is 0.904. The fourth-order valence-electron chi connectivity index (χ4n) is 1.35. The van der Waals surface area contributed by atoms with Crippen LogP contribution >= 0.6 is 27.5 Å². The molecule has 5 heteroatoms. The van der Waals surface area contributed by atoms with E-state index in [2.05, 4.69) is 21.2 Å². The highest BCUT2D eigenvalue weighted by Crippen LogP contribution is 2.25.